The van der Waals surface area contributed by atoms with Crippen molar-refractivity contribution < 1.29 is 4.74 Å². The van der Waals surface area contributed by atoms with Crippen molar-refractivity contribution in [2.24, 2.45) is 0 Å². The van der Waals surface area contributed by atoms with Crippen LogP contribution in [0.3, 0.4) is 0 Å². The van der Waals surface area contributed by atoms with Crippen LogP contribution in [0.25, 0.3) is 0 Å². The van der Waals surface area contributed by atoms with Crippen molar-refractivity contribution in [2.75, 3.05) is 18.9 Å². The maximum Gasteiger partial charge on any atom is 0.138 e. The summed E-state index contributed by atoms with van der Waals surface area (Å²) in [4.78, 5) is 2.54. The summed E-state index contributed by atoms with van der Waals surface area (Å²) in [6, 6.07) is 26.8. The molecule has 6 heteroatoms. The van der Waals surface area contributed by atoms with Gasteiger partial charge in [0.2, 0.25) is 0 Å². The average Bonchev–Trinajstić information content (AvgIpc) is 3.33. The van der Waals surface area contributed by atoms with Gasteiger partial charge in [-0.2, -0.15) is 0 Å². The second-order valence-electron chi connectivity index (χ2n) is 8.15. The van der Waals surface area contributed by atoms with Gasteiger partial charge in [-0.1, -0.05) is 77.8 Å². The van der Waals surface area contributed by atoms with Crippen molar-refractivity contribution in [1.29, 1.82) is 0 Å². The molecule has 3 aromatic rings. The molecule has 0 spiro atoms. The highest BCUT2D eigenvalue weighted by atomic mass is 35.5. The molecule has 0 aromatic heterocycles. The van der Waals surface area contributed by atoms with Gasteiger partial charge < -0.3 is 10.1 Å². The van der Waals surface area contributed by atoms with Gasteiger partial charge in [-0.3, -0.25) is 0 Å². The van der Waals surface area contributed by atoms with Crippen molar-refractivity contribution in [3.05, 3.63) is 106 Å². The van der Waals surface area contributed by atoms with Gasteiger partial charge in [-0.05, 0) is 41.0 Å². The summed E-state index contributed by atoms with van der Waals surface area (Å²) < 4.78 is 6.43. The van der Waals surface area contributed by atoms with E-state index in [0.717, 1.165) is 34.5 Å². The van der Waals surface area contributed by atoms with Gasteiger partial charge in [0.25, 0.3) is 0 Å². The number of benzene rings is 3. The zero-order valence-corrected chi connectivity index (χ0v) is 19.3. The standard InChI is InChI=1S/C25H24Cl2N2OS/c26-21-10-6-19(7-11-21)23-29-24(20-8-12-22(27)13-9-20)31-17-25(29,16-30-23)15-28-14-18-4-2-1-3-5-18/h1-13,23-24,28H,14-17H2/t23-,24-,25+/m1/s1. The number of hydrogen-bond acceptors (Lipinski definition) is 4. The first-order valence-electron chi connectivity index (χ1n) is 10.4. The van der Waals surface area contributed by atoms with Crippen LogP contribution < -0.4 is 5.32 Å². The lowest BCUT2D eigenvalue weighted by Crippen LogP contribution is -2.51. The lowest BCUT2D eigenvalue weighted by atomic mass is 9.99. The van der Waals surface area contributed by atoms with E-state index < -0.39 is 0 Å². The molecular weight excluding hydrogens is 447 g/mol. The van der Waals surface area contributed by atoms with E-state index in [-0.39, 0.29) is 17.1 Å². The first-order valence-corrected chi connectivity index (χ1v) is 12.2. The molecule has 0 aliphatic carbocycles. The molecule has 0 radical (unpaired) electrons. The monoisotopic (exact) mass is 470 g/mol. The highest BCUT2D eigenvalue weighted by molar-refractivity contribution is 7.99. The molecule has 3 atom stereocenters. The van der Waals surface area contributed by atoms with Gasteiger partial charge in [0.1, 0.15) is 6.23 Å². The average molecular weight is 471 g/mol. The second kappa shape index (κ2) is 9.14. The fraction of sp³-hybridized carbons (Fsp3) is 0.280. The van der Waals surface area contributed by atoms with E-state index in [2.05, 4.69) is 64.8 Å². The summed E-state index contributed by atoms with van der Waals surface area (Å²) in [6.45, 7) is 2.40. The number of fused-ring (bicyclic) bond motifs is 1. The molecule has 160 valence electrons. The Labute approximate surface area is 197 Å². The van der Waals surface area contributed by atoms with E-state index in [1.54, 1.807) is 0 Å². The minimum absolute atomic E-state index is 0.0753. The van der Waals surface area contributed by atoms with Crippen LogP contribution in [0.1, 0.15) is 28.3 Å². The number of ether oxygens (including phenoxy) is 1. The van der Waals surface area contributed by atoms with Crippen molar-refractivity contribution in [3.63, 3.8) is 0 Å². The van der Waals surface area contributed by atoms with Crippen LogP contribution in [0.4, 0.5) is 0 Å². The van der Waals surface area contributed by atoms with Crippen molar-refractivity contribution >= 4 is 35.0 Å². The fourth-order valence-electron chi connectivity index (χ4n) is 4.44. The van der Waals surface area contributed by atoms with Gasteiger partial charge in [0, 0.05) is 28.9 Å². The van der Waals surface area contributed by atoms with E-state index >= 15 is 0 Å². The number of nitrogens with zero attached hydrogens (tertiary/aromatic N) is 1. The Hall–Kier alpha value is -1.53. The first-order chi connectivity index (χ1) is 15.1. The van der Waals surface area contributed by atoms with Gasteiger partial charge >= 0.3 is 0 Å². The number of nitrogens with one attached hydrogen (secondary N) is 1. The van der Waals surface area contributed by atoms with Crippen LogP contribution in [0.5, 0.6) is 0 Å². The summed E-state index contributed by atoms with van der Waals surface area (Å²) in [5.74, 6) is 1.01. The third-order valence-electron chi connectivity index (χ3n) is 6.01. The highest BCUT2D eigenvalue weighted by Crippen LogP contribution is 2.55. The summed E-state index contributed by atoms with van der Waals surface area (Å²) in [5.41, 5.74) is 3.60. The third-order valence-corrected chi connectivity index (χ3v) is 8.03. The molecule has 3 aromatic carbocycles. The molecule has 2 saturated heterocycles. The Balaban J connectivity index is 1.42. The fourth-order valence-corrected chi connectivity index (χ4v) is 6.34. The summed E-state index contributed by atoms with van der Waals surface area (Å²) in [7, 11) is 0. The third kappa shape index (κ3) is 4.38. The van der Waals surface area contributed by atoms with Gasteiger partial charge in [-0.25, -0.2) is 4.90 Å². The number of thioether (sulfide) groups is 1. The molecule has 2 heterocycles. The second-order valence-corrected chi connectivity index (χ2v) is 10.1. The SMILES string of the molecule is Clc1ccc([C@H]2OC[C@@]3(CNCc4ccccc4)CS[C@H](c4ccc(Cl)cc4)N23)cc1. The summed E-state index contributed by atoms with van der Waals surface area (Å²) >= 11 is 14.3. The van der Waals surface area contributed by atoms with Crippen LogP contribution in [0, 0.1) is 0 Å². The topological polar surface area (TPSA) is 24.5 Å². The molecule has 0 bridgehead atoms. The maximum atomic E-state index is 6.43. The van der Waals surface area contributed by atoms with Gasteiger partial charge in [-0.15, -0.1) is 11.8 Å². The lowest BCUT2D eigenvalue weighted by Gasteiger charge is -2.36. The van der Waals surface area contributed by atoms with Crippen LogP contribution in [0.15, 0.2) is 78.9 Å². The van der Waals surface area contributed by atoms with Gasteiger partial charge in [0.15, 0.2) is 0 Å². The minimum Gasteiger partial charge on any atom is -0.357 e. The van der Waals surface area contributed by atoms with E-state index in [1.807, 2.05) is 36.0 Å². The normalized spacial score (nSPS) is 25.6. The van der Waals surface area contributed by atoms with E-state index in [0.29, 0.717) is 6.61 Å². The van der Waals surface area contributed by atoms with Crippen LogP contribution >= 0.6 is 35.0 Å². The Bertz CT molecular complexity index is 956. The Kier molecular flexibility index (Phi) is 6.29. The quantitative estimate of drug-likeness (QED) is 0.456. The lowest BCUT2D eigenvalue weighted by molar-refractivity contribution is 0.0184. The van der Waals surface area contributed by atoms with Crippen LogP contribution in [0.2, 0.25) is 10.0 Å². The molecule has 0 unspecified atom stereocenters. The maximum absolute atomic E-state index is 6.43. The molecule has 31 heavy (non-hydrogen) atoms. The Morgan fingerprint density at radius 2 is 1.55 bits per heavy atom. The molecular formula is C25H24Cl2N2OS. The van der Waals surface area contributed by atoms with Crippen LogP contribution in [-0.2, 0) is 11.3 Å². The summed E-state index contributed by atoms with van der Waals surface area (Å²) in [6.07, 6.45) is -0.105. The van der Waals surface area contributed by atoms with Crippen molar-refractivity contribution in [1.82, 2.24) is 10.2 Å². The number of halogens is 2. The molecule has 2 aliphatic rings. The minimum atomic E-state index is -0.105. The molecule has 2 aliphatic heterocycles. The zero-order valence-electron chi connectivity index (χ0n) is 17.0. The summed E-state index contributed by atoms with van der Waals surface area (Å²) in [5, 5.41) is 5.40. The predicted octanol–water partition coefficient (Wildman–Crippen LogP) is 6.30. The van der Waals surface area contributed by atoms with Crippen LogP contribution in [-0.4, -0.2) is 29.3 Å². The van der Waals surface area contributed by atoms with Gasteiger partial charge in [0.05, 0.1) is 17.5 Å². The highest BCUT2D eigenvalue weighted by Gasteiger charge is 2.55. The molecule has 3 nitrogen and oxygen atoms in total. The molecule has 0 saturated carbocycles. The van der Waals surface area contributed by atoms with Crippen molar-refractivity contribution in [2.45, 2.75) is 23.7 Å². The first kappa shape index (κ1) is 21.3. The Morgan fingerprint density at radius 1 is 0.903 bits per heavy atom. The molecule has 2 fully saturated rings. The van der Waals surface area contributed by atoms with E-state index in [1.165, 1.54) is 11.1 Å². The predicted molar refractivity (Wildman–Crippen MR) is 130 cm³/mol. The smallest absolute Gasteiger partial charge is 0.138 e. The molecule has 5 rings (SSSR count). The number of hydrogen-bond donors (Lipinski definition) is 1. The zero-order chi connectivity index (χ0) is 21.3. The Morgan fingerprint density at radius 3 is 2.23 bits per heavy atom. The molecule has 0 amide bonds. The van der Waals surface area contributed by atoms with E-state index in [4.69, 9.17) is 27.9 Å². The number of rotatable bonds is 6. The molecule has 1 N–H and O–H groups in total. The van der Waals surface area contributed by atoms with E-state index in [9.17, 15) is 0 Å². The van der Waals surface area contributed by atoms with Crippen molar-refractivity contribution in [3.8, 4) is 0 Å². The largest absolute Gasteiger partial charge is 0.357 e.